The molecule has 1 rings (SSSR count). The zero-order chi connectivity index (χ0) is 10.6. The molecule has 0 aromatic carbocycles. The van der Waals surface area contributed by atoms with Crippen molar-refractivity contribution >= 4 is 40.4 Å². The lowest BCUT2D eigenvalue weighted by molar-refractivity contribution is -0.107. The predicted octanol–water partition coefficient (Wildman–Crippen LogP) is 4.04. The van der Waals surface area contributed by atoms with Crippen LogP contribution >= 0.6 is 35.3 Å². The SMILES string of the molecule is C.C=C(C)C(=O)SCC1SCC(CC)S1. The molecule has 0 radical (unpaired) electrons. The van der Waals surface area contributed by atoms with Crippen molar-refractivity contribution in [3.05, 3.63) is 12.2 Å². The van der Waals surface area contributed by atoms with Crippen molar-refractivity contribution in [1.29, 1.82) is 0 Å². The van der Waals surface area contributed by atoms with Gasteiger partial charge in [-0.05, 0) is 18.9 Å². The summed E-state index contributed by atoms with van der Waals surface area (Å²) in [6.45, 7) is 7.65. The van der Waals surface area contributed by atoms with Crippen molar-refractivity contribution in [3.8, 4) is 0 Å². The van der Waals surface area contributed by atoms with E-state index in [1.54, 1.807) is 6.92 Å². The minimum atomic E-state index is 0. The zero-order valence-electron chi connectivity index (χ0n) is 8.62. The summed E-state index contributed by atoms with van der Waals surface area (Å²) in [5, 5.41) is 0.941. The summed E-state index contributed by atoms with van der Waals surface area (Å²) >= 11 is 5.43. The van der Waals surface area contributed by atoms with Crippen LogP contribution in [0.25, 0.3) is 0 Å². The molecular formula is C11H20OS3. The van der Waals surface area contributed by atoms with Gasteiger partial charge in [0.2, 0.25) is 5.12 Å². The highest BCUT2D eigenvalue weighted by molar-refractivity contribution is 8.22. The smallest absolute Gasteiger partial charge is 0.214 e. The maximum atomic E-state index is 11.3. The molecule has 1 heterocycles. The molecule has 2 unspecified atom stereocenters. The Balaban J connectivity index is 0.00000196. The van der Waals surface area contributed by atoms with E-state index in [0.717, 1.165) is 11.0 Å². The average molecular weight is 264 g/mol. The lowest BCUT2D eigenvalue weighted by Crippen LogP contribution is -2.02. The first-order chi connectivity index (χ1) is 6.63. The lowest BCUT2D eigenvalue weighted by atomic mass is 10.4. The third kappa shape index (κ3) is 5.36. The van der Waals surface area contributed by atoms with E-state index in [2.05, 4.69) is 13.5 Å². The molecule has 1 fully saturated rings. The molecule has 1 saturated heterocycles. The molecule has 1 nitrogen and oxygen atoms in total. The van der Waals surface area contributed by atoms with Crippen LogP contribution in [0.4, 0.5) is 0 Å². The molecule has 0 spiro atoms. The van der Waals surface area contributed by atoms with E-state index in [4.69, 9.17) is 0 Å². The predicted molar refractivity (Wildman–Crippen MR) is 76.9 cm³/mol. The minimum absolute atomic E-state index is 0. The summed E-state index contributed by atoms with van der Waals surface area (Å²) in [6, 6.07) is 0. The van der Waals surface area contributed by atoms with Crippen LogP contribution in [-0.4, -0.2) is 26.5 Å². The highest BCUT2D eigenvalue weighted by Gasteiger charge is 2.25. The standard InChI is InChI=1S/C10H16OS3.CH4/c1-4-8-5-12-9(14-8)6-13-10(11)7(2)3;/h8-9H,2,4-6H2,1,3H3;1H4. The summed E-state index contributed by atoms with van der Waals surface area (Å²) in [6.07, 6.45) is 1.24. The summed E-state index contributed by atoms with van der Waals surface area (Å²) in [7, 11) is 0. The van der Waals surface area contributed by atoms with Crippen LogP contribution < -0.4 is 0 Å². The van der Waals surface area contributed by atoms with E-state index >= 15 is 0 Å². The summed E-state index contributed by atoms with van der Waals surface area (Å²) in [5.41, 5.74) is 0.662. The highest BCUT2D eigenvalue weighted by atomic mass is 32.2. The van der Waals surface area contributed by atoms with Gasteiger partial charge in [0.15, 0.2) is 0 Å². The molecule has 4 heteroatoms. The third-order valence-electron chi connectivity index (χ3n) is 1.97. The fraction of sp³-hybridized carbons (Fsp3) is 0.727. The van der Waals surface area contributed by atoms with Crippen LogP contribution in [0.15, 0.2) is 12.2 Å². The van der Waals surface area contributed by atoms with E-state index in [0.29, 0.717) is 10.2 Å². The fourth-order valence-electron chi connectivity index (χ4n) is 1.08. The van der Waals surface area contributed by atoms with Gasteiger partial charge in [0.05, 0.1) is 4.58 Å². The molecule has 0 aliphatic carbocycles. The van der Waals surface area contributed by atoms with Crippen molar-refractivity contribution in [2.45, 2.75) is 37.5 Å². The van der Waals surface area contributed by atoms with Crippen LogP contribution in [-0.2, 0) is 4.79 Å². The molecule has 0 aromatic rings. The van der Waals surface area contributed by atoms with Crippen molar-refractivity contribution in [1.82, 2.24) is 0 Å². The molecule has 15 heavy (non-hydrogen) atoms. The quantitative estimate of drug-likeness (QED) is 0.712. The Labute approximate surface area is 106 Å². The number of hydrogen-bond acceptors (Lipinski definition) is 4. The summed E-state index contributed by atoms with van der Waals surface area (Å²) < 4.78 is 0.605. The Morgan fingerprint density at radius 1 is 1.60 bits per heavy atom. The van der Waals surface area contributed by atoms with Gasteiger partial charge in [-0.2, -0.15) is 0 Å². The third-order valence-corrected chi connectivity index (χ3v) is 6.94. The maximum Gasteiger partial charge on any atom is 0.214 e. The maximum absolute atomic E-state index is 11.3. The van der Waals surface area contributed by atoms with Crippen LogP contribution in [0.2, 0.25) is 0 Å². The molecule has 0 bridgehead atoms. The van der Waals surface area contributed by atoms with E-state index in [1.165, 1.54) is 23.9 Å². The monoisotopic (exact) mass is 264 g/mol. The molecule has 0 saturated carbocycles. The first-order valence-corrected chi connectivity index (χ1v) is 7.71. The van der Waals surface area contributed by atoms with Gasteiger partial charge in [-0.15, -0.1) is 23.5 Å². The number of carbonyl (C=O) groups excluding carboxylic acids is 1. The number of carbonyl (C=O) groups is 1. The Morgan fingerprint density at radius 3 is 2.73 bits per heavy atom. The van der Waals surface area contributed by atoms with Crippen LogP contribution in [0.5, 0.6) is 0 Å². The number of rotatable bonds is 4. The van der Waals surface area contributed by atoms with Gasteiger partial charge in [-0.3, -0.25) is 4.79 Å². The van der Waals surface area contributed by atoms with Gasteiger partial charge >= 0.3 is 0 Å². The Hall–Kier alpha value is 0.460. The lowest BCUT2D eigenvalue weighted by Gasteiger charge is -2.07. The number of hydrogen-bond donors (Lipinski definition) is 0. The second-order valence-electron chi connectivity index (χ2n) is 3.31. The zero-order valence-corrected chi connectivity index (χ0v) is 11.1. The second-order valence-corrected chi connectivity index (χ2v) is 7.34. The van der Waals surface area contributed by atoms with Crippen molar-refractivity contribution in [2.24, 2.45) is 0 Å². The van der Waals surface area contributed by atoms with Gasteiger partial charge in [-0.25, -0.2) is 0 Å². The first kappa shape index (κ1) is 15.5. The molecule has 0 aromatic heterocycles. The van der Waals surface area contributed by atoms with Gasteiger partial charge in [0.1, 0.15) is 0 Å². The Bertz CT molecular complexity index is 228. The largest absolute Gasteiger partial charge is 0.282 e. The fourth-order valence-corrected chi connectivity index (χ4v) is 5.58. The second kappa shape index (κ2) is 7.69. The molecule has 2 atom stereocenters. The minimum Gasteiger partial charge on any atom is -0.282 e. The molecule has 1 aliphatic heterocycles. The molecule has 1 aliphatic rings. The Kier molecular flexibility index (Phi) is 7.92. The number of thioether (sulfide) groups is 3. The summed E-state index contributed by atoms with van der Waals surface area (Å²) in [5.74, 6) is 2.17. The van der Waals surface area contributed by atoms with E-state index in [-0.39, 0.29) is 12.5 Å². The Morgan fingerprint density at radius 2 is 2.27 bits per heavy atom. The summed E-state index contributed by atoms with van der Waals surface area (Å²) in [4.78, 5) is 11.3. The molecule has 88 valence electrons. The van der Waals surface area contributed by atoms with Gasteiger partial charge in [0.25, 0.3) is 0 Å². The first-order valence-electron chi connectivity index (χ1n) is 4.73. The van der Waals surface area contributed by atoms with Crippen LogP contribution in [0, 0.1) is 0 Å². The van der Waals surface area contributed by atoms with Crippen LogP contribution in [0.3, 0.4) is 0 Å². The van der Waals surface area contributed by atoms with Crippen molar-refractivity contribution in [3.63, 3.8) is 0 Å². The van der Waals surface area contributed by atoms with Crippen LogP contribution in [0.1, 0.15) is 27.7 Å². The molecule has 0 N–H and O–H groups in total. The average Bonchev–Trinajstić information content (AvgIpc) is 2.61. The van der Waals surface area contributed by atoms with E-state index < -0.39 is 0 Å². The topological polar surface area (TPSA) is 17.1 Å². The normalized spacial score (nSPS) is 24.7. The molecular weight excluding hydrogens is 244 g/mol. The molecule has 0 amide bonds. The van der Waals surface area contributed by atoms with Gasteiger partial charge in [0, 0.05) is 16.8 Å². The highest BCUT2D eigenvalue weighted by Crippen LogP contribution is 2.40. The van der Waals surface area contributed by atoms with Gasteiger partial charge in [-0.1, -0.05) is 32.7 Å². The van der Waals surface area contributed by atoms with E-state index in [9.17, 15) is 4.79 Å². The van der Waals surface area contributed by atoms with Gasteiger partial charge < -0.3 is 0 Å². The van der Waals surface area contributed by atoms with Crippen molar-refractivity contribution < 1.29 is 4.79 Å². The van der Waals surface area contributed by atoms with E-state index in [1.807, 2.05) is 23.5 Å². The van der Waals surface area contributed by atoms with Crippen molar-refractivity contribution in [2.75, 3.05) is 11.5 Å².